The highest BCUT2D eigenvalue weighted by atomic mass is 16.6. The van der Waals surface area contributed by atoms with E-state index in [0.29, 0.717) is 13.2 Å². The number of carbonyl (C=O) groups is 1. The minimum absolute atomic E-state index is 0.0143. The summed E-state index contributed by atoms with van der Waals surface area (Å²) in [4.78, 5) is 13.8. The molecule has 0 bridgehead atoms. The highest BCUT2D eigenvalue weighted by molar-refractivity contribution is 5.76. The van der Waals surface area contributed by atoms with Gasteiger partial charge in [-0.3, -0.25) is 9.69 Å². The molecule has 1 fully saturated rings. The van der Waals surface area contributed by atoms with Crippen LogP contribution < -0.4 is 20.5 Å². The first-order valence-electron chi connectivity index (χ1n) is 10.4. The molecule has 6 nitrogen and oxygen atoms in total. The number of fused-ring (bicyclic) bond motifs is 1. The summed E-state index contributed by atoms with van der Waals surface area (Å²) in [5, 5.41) is 3.51. The van der Waals surface area contributed by atoms with Crippen LogP contribution >= 0.6 is 0 Å². The SMILES string of the molecule is NC(=O)C1CCCN(Cc2cccc(CNCc3ccc4c(c3)OCCO4)c2)C1. The molecular weight excluding hydrogens is 366 g/mol. The number of rotatable bonds is 7. The molecule has 29 heavy (non-hydrogen) atoms. The lowest BCUT2D eigenvalue weighted by Gasteiger charge is -2.31. The van der Waals surface area contributed by atoms with Crippen molar-refractivity contribution in [3.63, 3.8) is 0 Å². The summed E-state index contributed by atoms with van der Waals surface area (Å²) in [6, 6.07) is 14.7. The zero-order chi connectivity index (χ0) is 20.1. The van der Waals surface area contributed by atoms with Gasteiger partial charge in [0.05, 0.1) is 5.92 Å². The molecule has 2 aliphatic heterocycles. The number of carbonyl (C=O) groups excluding carboxylic acids is 1. The zero-order valence-electron chi connectivity index (χ0n) is 16.7. The number of benzene rings is 2. The van der Waals surface area contributed by atoms with E-state index in [-0.39, 0.29) is 11.8 Å². The molecule has 0 radical (unpaired) electrons. The van der Waals surface area contributed by atoms with E-state index >= 15 is 0 Å². The Balaban J connectivity index is 1.29. The van der Waals surface area contributed by atoms with Crippen LogP contribution in [0.5, 0.6) is 11.5 Å². The number of ether oxygens (including phenoxy) is 2. The summed E-state index contributed by atoms with van der Waals surface area (Å²) in [5.74, 6) is 1.46. The fourth-order valence-corrected chi connectivity index (χ4v) is 4.08. The molecule has 2 aliphatic rings. The van der Waals surface area contributed by atoms with E-state index in [2.05, 4.69) is 40.5 Å². The Kier molecular flexibility index (Phi) is 6.32. The molecule has 1 amide bonds. The number of nitrogens with zero attached hydrogens (tertiary/aromatic N) is 1. The topological polar surface area (TPSA) is 76.8 Å². The van der Waals surface area contributed by atoms with Crippen molar-refractivity contribution in [3.05, 3.63) is 59.2 Å². The highest BCUT2D eigenvalue weighted by Gasteiger charge is 2.23. The van der Waals surface area contributed by atoms with Crippen LogP contribution in [-0.2, 0) is 24.4 Å². The lowest BCUT2D eigenvalue weighted by atomic mass is 9.97. The van der Waals surface area contributed by atoms with E-state index in [0.717, 1.165) is 57.1 Å². The maximum atomic E-state index is 11.5. The fraction of sp³-hybridized carbons (Fsp3) is 0.435. The molecule has 2 aromatic rings. The van der Waals surface area contributed by atoms with Gasteiger partial charge in [-0.05, 0) is 48.2 Å². The Labute approximate surface area is 172 Å². The van der Waals surface area contributed by atoms with Crippen molar-refractivity contribution in [2.75, 3.05) is 26.3 Å². The summed E-state index contributed by atoms with van der Waals surface area (Å²) >= 11 is 0. The smallest absolute Gasteiger partial charge is 0.221 e. The second kappa shape index (κ2) is 9.29. The number of piperidine rings is 1. The van der Waals surface area contributed by atoms with E-state index in [9.17, 15) is 4.79 Å². The second-order valence-electron chi connectivity index (χ2n) is 7.88. The lowest BCUT2D eigenvalue weighted by Crippen LogP contribution is -2.40. The van der Waals surface area contributed by atoms with Gasteiger partial charge in [0.2, 0.25) is 5.91 Å². The van der Waals surface area contributed by atoms with Gasteiger partial charge in [0.1, 0.15) is 13.2 Å². The molecule has 2 aromatic carbocycles. The van der Waals surface area contributed by atoms with Gasteiger partial charge in [0, 0.05) is 26.2 Å². The number of hydrogen-bond acceptors (Lipinski definition) is 5. The second-order valence-corrected chi connectivity index (χ2v) is 7.88. The van der Waals surface area contributed by atoms with Crippen molar-refractivity contribution < 1.29 is 14.3 Å². The standard InChI is InChI=1S/C23H29N3O3/c24-23(27)20-5-2-8-26(16-20)15-19-4-1-3-17(11-19)13-25-14-18-6-7-21-22(12-18)29-10-9-28-21/h1,3-4,6-7,11-12,20,25H,2,5,8-10,13-16H2,(H2,24,27). The van der Waals surface area contributed by atoms with Crippen molar-refractivity contribution in [2.45, 2.75) is 32.5 Å². The summed E-state index contributed by atoms with van der Waals surface area (Å²) in [6.07, 6.45) is 1.94. The fourth-order valence-electron chi connectivity index (χ4n) is 4.08. The molecule has 0 spiro atoms. The van der Waals surface area contributed by atoms with Gasteiger partial charge in [0.15, 0.2) is 11.5 Å². The highest BCUT2D eigenvalue weighted by Crippen LogP contribution is 2.30. The van der Waals surface area contributed by atoms with Crippen molar-refractivity contribution >= 4 is 5.91 Å². The first kappa shape index (κ1) is 19.7. The molecular formula is C23H29N3O3. The maximum Gasteiger partial charge on any atom is 0.221 e. The Bertz CT molecular complexity index is 855. The van der Waals surface area contributed by atoms with Crippen molar-refractivity contribution in [1.29, 1.82) is 0 Å². The van der Waals surface area contributed by atoms with Gasteiger partial charge >= 0.3 is 0 Å². The lowest BCUT2D eigenvalue weighted by molar-refractivity contribution is -0.123. The van der Waals surface area contributed by atoms with Crippen molar-refractivity contribution in [2.24, 2.45) is 11.7 Å². The third kappa shape index (κ3) is 5.28. The van der Waals surface area contributed by atoms with E-state index in [4.69, 9.17) is 15.2 Å². The van der Waals surface area contributed by atoms with Crippen LogP contribution in [0.15, 0.2) is 42.5 Å². The maximum absolute atomic E-state index is 11.5. The zero-order valence-corrected chi connectivity index (χ0v) is 16.7. The Morgan fingerprint density at radius 2 is 1.79 bits per heavy atom. The van der Waals surface area contributed by atoms with Crippen LogP contribution in [0.4, 0.5) is 0 Å². The predicted molar refractivity (Wildman–Crippen MR) is 112 cm³/mol. The quantitative estimate of drug-likeness (QED) is 0.753. The summed E-state index contributed by atoms with van der Waals surface area (Å²) < 4.78 is 11.2. The number of amides is 1. The van der Waals surface area contributed by atoms with E-state index < -0.39 is 0 Å². The van der Waals surface area contributed by atoms with Gasteiger partial charge in [-0.25, -0.2) is 0 Å². The van der Waals surface area contributed by atoms with Crippen molar-refractivity contribution in [1.82, 2.24) is 10.2 Å². The molecule has 6 heteroatoms. The number of nitrogens with two attached hydrogens (primary N) is 1. The van der Waals surface area contributed by atoms with Crippen LogP contribution in [0.1, 0.15) is 29.5 Å². The molecule has 0 aromatic heterocycles. The molecule has 1 unspecified atom stereocenters. The molecule has 0 saturated carbocycles. The normalized spacial score (nSPS) is 19.1. The number of likely N-dealkylation sites (tertiary alicyclic amines) is 1. The Hall–Kier alpha value is -2.57. The van der Waals surface area contributed by atoms with E-state index in [1.807, 2.05) is 12.1 Å². The number of primary amides is 1. The molecule has 154 valence electrons. The largest absolute Gasteiger partial charge is 0.486 e. The summed E-state index contributed by atoms with van der Waals surface area (Å²) in [5.41, 5.74) is 9.20. The van der Waals surface area contributed by atoms with Crippen molar-refractivity contribution in [3.8, 4) is 11.5 Å². The van der Waals surface area contributed by atoms with Gasteiger partial charge in [0.25, 0.3) is 0 Å². The number of nitrogens with one attached hydrogen (secondary N) is 1. The molecule has 1 atom stereocenters. The van der Waals surface area contributed by atoms with Crippen LogP contribution in [0.2, 0.25) is 0 Å². The number of hydrogen-bond donors (Lipinski definition) is 2. The Morgan fingerprint density at radius 3 is 2.62 bits per heavy atom. The minimum atomic E-state index is -0.174. The van der Waals surface area contributed by atoms with Gasteiger partial charge in [-0.1, -0.05) is 30.3 Å². The van der Waals surface area contributed by atoms with Crippen LogP contribution in [0.25, 0.3) is 0 Å². The average Bonchev–Trinajstić information content (AvgIpc) is 2.74. The average molecular weight is 396 g/mol. The van der Waals surface area contributed by atoms with E-state index in [1.54, 1.807) is 0 Å². The first-order chi connectivity index (χ1) is 14.2. The van der Waals surface area contributed by atoms with Gasteiger partial charge in [-0.15, -0.1) is 0 Å². The monoisotopic (exact) mass is 395 g/mol. The molecule has 0 aliphatic carbocycles. The first-order valence-corrected chi connectivity index (χ1v) is 10.4. The van der Waals surface area contributed by atoms with Gasteiger partial charge < -0.3 is 20.5 Å². The molecule has 2 heterocycles. The third-order valence-electron chi connectivity index (χ3n) is 5.57. The molecule has 4 rings (SSSR count). The minimum Gasteiger partial charge on any atom is -0.486 e. The summed E-state index contributed by atoms with van der Waals surface area (Å²) in [6.45, 7) is 5.44. The van der Waals surface area contributed by atoms with Gasteiger partial charge in [-0.2, -0.15) is 0 Å². The molecule has 3 N–H and O–H groups in total. The van der Waals surface area contributed by atoms with Crippen LogP contribution in [0.3, 0.4) is 0 Å². The van der Waals surface area contributed by atoms with E-state index in [1.165, 1.54) is 16.7 Å². The Morgan fingerprint density at radius 1 is 1.03 bits per heavy atom. The summed E-state index contributed by atoms with van der Waals surface area (Å²) in [7, 11) is 0. The van der Waals surface area contributed by atoms with Crippen LogP contribution in [0, 0.1) is 5.92 Å². The third-order valence-corrected chi connectivity index (χ3v) is 5.57. The molecule has 1 saturated heterocycles. The predicted octanol–water partition coefficient (Wildman–Crippen LogP) is 2.44. The van der Waals surface area contributed by atoms with Crippen LogP contribution in [-0.4, -0.2) is 37.1 Å².